The molecule has 1 aliphatic rings. The van der Waals surface area contributed by atoms with E-state index in [1.54, 1.807) is 0 Å². The Balaban J connectivity index is 2.36. The molecule has 0 radical (unpaired) electrons. The van der Waals surface area contributed by atoms with Crippen LogP contribution < -0.4 is 16.8 Å². The van der Waals surface area contributed by atoms with Crippen LogP contribution in [0.4, 0.5) is 11.4 Å². The van der Waals surface area contributed by atoms with Crippen molar-refractivity contribution in [2.75, 3.05) is 18.0 Å². The molecule has 2 rings (SSSR count). The van der Waals surface area contributed by atoms with Gasteiger partial charge in [-0.2, -0.15) is 0 Å². The molecule has 1 heterocycles. The number of hydrogen-bond donors (Lipinski definition) is 3. The molecule has 1 aromatic carbocycles. The van der Waals surface area contributed by atoms with Gasteiger partial charge in [-0.25, -0.2) is 0 Å². The minimum atomic E-state index is 0.155. The third kappa shape index (κ3) is 1.24. The SMILES string of the molecule is CCC1(c2ccc(N)c(N)c2)CCN1. The maximum Gasteiger partial charge on any atom is 0.0551 e. The van der Waals surface area contributed by atoms with Gasteiger partial charge in [0.15, 0.2) is 0 Å². The van der Waals surface area contributed by atoms with Crippen molar-refractivity contribution in [3.05, 3.63) is 23.8 Å². The van der Waals surface area contributed by atoms with Gasteiger partial charge in [0.1, 0.15) is 0 Å². The van der Waals surface area contributed by atoms with Gasteiger partial charge in [0.25, 0.3) is 0 Å². The average molecular weight is 191 g/mol. The molecule has 0 aromatic heterocycles. The molecule has 1 saturated heterocycles. The quantitative estimate of drug-likeness (QED) is 0.620. The average Bonchev–Trinajstić information content (AvgIpc) is 2.10. The van der Waals surface area contributed by atoms with Gasteiger partial charge in [0, 0.05) is 5.54 Å². The van der Waals surface area contributed by atoms with Crippen molar-refractivity contribution in [2.45, 2.75) is 25.3 Å². The molecule has 1 unspecified atom stereocenters. The summed E-state index contributed by atoms with van der Waals surface area (Å²) in [5.41, 5.74) is 14.3. The second-order valence-corrected chi connectivity index (χ2v) is 3.96. The maximum absolute atomic E-state index is 5.80. The molecule has 1 fully saturated rings. The molecule has 1 atom stereocenters. The number of anilines is 2. The van der Waals surface area contributed by atoms with Gasteiger partial charge in [-0.05, 0) is 37.1 Å². The summed E-state index contributed by atoms with van der Waals surface area (Å²) in [4.78, 5) is 0. The second-order valence-electron chi connectivity index (χ2n) is 3.96. The fourth-order valence-corrected chi connectivity index (χ4v) is 2.05. The van der Waals surface area contributed by atoms with Crippen LogP contribution >= 0.6 is 0 Å². The van der Waals surface area contributed by atoms with Crippen molar-refractivity contribution < 1.29 is 0 Å². The highest BCUT2D eigenvalue weighted by Gasteiger charge is 2.36. The van der Waals surface area contributed by atoms with Crippen LogP contribution in [0.1, 0.15) is 25.3 Å². The Hall–Kier alpha value is -1.22. The molecule has 0 bridgehead atoms. The lowest BCUT2D eigenvalue weighted by Crippen LogP contribution is -2.53. The number of hydrogen-bond acceptors (Lipinski definition) is 3. The minimum absolute atomic E-state index is 0.155. The first-order valence-corrected chi connectivity index (χ1v) is 5.08. The Morgan fingerprint density at radius 3 is 2.50 bits per heavy atom. The maximum atomic E-state index is 5.80. The van der Waals surface area contributed by atoms with Gasteiger partial charge >= 0.3 is 0 Å². The molecule has 1 aromatic rings. The first kappa shape index (κ1) is 9.34. The Bertz CT molecular complexity index is 337. The van der Waals surface area contributed by atoms with Crippen LogP contribution in [0.3, 0.4) is 0 Å². The monoisotopic (exact) mass is 191 g/mol. The van der Waals surface area contributed by atoms with E-state index in [9.17, 15) is 0 Å². The zero-order valence-corrected chi connectivity index (χ0v) is 8.51. The van der Waals surface area contributed by atoms with E-state index in [2.05, 4.69) is 18.3 Å². The number of benzene rings is 1. The molecule has 3 nitrogen and oxygen atoms in total. The van der Waals surface area contributed by atoms with Gasteiger partial charge in [-0.1, -0.05) is 13.0 Å². The summed E-state index contributed by atoms with van der Waals surface area (Å²) in [5, 5.41) is 3.48. The summed E-state index contributed by atoms with van der Waals surface area (Å²) in [5.74, 6) is 0. The summed E-state index contributed by atoms with van der Waals surface area (Å²) in [6.45, 7) is 3.29. The molecule has 0 amide bonds. The number of nitrogens with two attached hydrogens (primary N) is 2. The Morgan fingerprint density at radius 1 is 1.36 bits per heavy atom. The third-order valence-electron chi connectivity index (χ3n) is 3.26. The first-order valence-electron chi connectivity index (χ1n) is 5.08. The zero-order valence-electron chi connectivity index (χ0n) is 8.51. The van der Waals surface area contributed by atoms with Gasteiger partial charge in [-0.15, -0.1) is 0 Å². The predicted octanol–water partition coefficient (Wildman–Crippen LogP) is 1.45. The minimum Gasteiger partial charge on any atom is -0.397 e. The summed E-state index contributed by atoms with van der Waals surface area (Å²) in [7, 11) is 0. The normalized spacial score (nSPS) is 25.8. The van der Waals surface area contributed by atoms with Crippen LogP contribution in [0.15, 0.2) is 18.2 Å². The summed E-state index contributed by atoms with van der Waals surface area (Å²) in [6.07, 6.45) is 2.28. The van der Waals surface area contributed by atoms with E-state index in [-0.39, 0.29) is 5.54 Å². The highest BCUT2D eigenvalue weighted by molar-refractivity contribution is 5.64. The molecule has 5 N–H and O–H groups in total. The summed E-state index contributed by atoms with van der Waals surface area (Å²) < 4.78 is 0. The topological polar surface area (TPSA) is 64.1 Å². The van der Waals surface area contributed by atoms with Crippen molar-refractivity contribution >= 4 is 11.4 Å². The molecular weight excluding hydrogens is 174 g/mol. The van der Waals surface area contributed by atoms with Crippen LogP contribution in [-0.4, -0.2) is 6.54 Å². The smallest absolute Gasteiger partial charge is 0.0551 e. The summed E-state index contributed by atoms with van der Waals surface area (Å²) >= 11 is 0. The predicted molar refractivity (Wildman–Crippen MR) is 59.9 cm³/mol. The van der Waals surface area contributed by atoms with Crippen molar-refractivity contribution in [1.29, 1.82) is 0 Å². The van der Waals surface area contributed by atoms with Gasteiger partial charge in [0.05, 0.1) is 11.4 Å². The largest absolute Gasteiger partial charge is 0.397 e. The highest BCUT2D eigenvalue weighted by atomic mass is 15.0. The van der Waals surface area contributed by atoms with Crippen molar-refractivity contribution in [1.82, 2.24) is 5.32 Å². The van der Waals surface area contributed by atoms with Gasteiger partial charge in [0.2, 0.25) is 0 Å². The third-order valence-corrected chi connectivity index (χ3v) is 3.26. The van der Waals surface area contributed by atoms with Crippen LogP contribution in [0.2, 0.25) is 0 Å². The molecule has 0 saturated carbocycles. The highest BCUT2D eigenvalue weighted by Crippen LogP contribution is 2.36. The van der Waals surface area contributed by atoms with Crippen molar-refractivity contribution in [3.8, 4) is 0 Å². The fraction of sp³-hybridized carbons (Fsp3) is 0.455. The van der Waals surface area contributed by atoms with Crippen LogP contribution in [0.25, 0.3) is 0 Å². The standard InChI is InChI=1S/C11H17N3/c1-2-11(5-6-14-11)8-3-4-9(12)10(13)7-8/h3-4,7,14H,2,5-6,12-13H2,1H3. The Labute approximate surface area is 84.5 Å². The van der Waals surface area contributed by atoms with E-state index in [0.29, 0.717) is 11.4 Å². The molecule has 0 aliphatic carbocycles. The molecule has 1 aliphatic heterocycles. The van der Waals surface area contributed by atoms with E-state index < -0.39 is 0 Å². The number of rotatable bonds is 2. The molecule has 0 spiro atoms. The van der Waals surface area contributed by atoms with Gasteiger partial charge in [-0.3, -0.25) is 0 Å². The van der Waals surface area contributed by atoms with E-state index >= 15 is 0 Å². The zero-order chi connectivity index (χ0) is 10.2. The van der Waals surface area contributed by atoms with Crippen LogP contribution in [0.5, 0.6) is 0 Å². The molecule has 3 heteroatoms. The second kappa shape index (κ2) is 3.17. The van der Waals surface area contributed by atoms with Crippen molar-refractivity contribution in [2.24, 2.45) is 0 Å². The van der Waals surface area contributed by atoms with E-state index in [0.717, 1.165) is 13.0 Å². The number of nitrogens with one attached hydrogen (secondary N) is 1. The van der Waals surface area contributed by atoms with Crippen LogP contribution in [-0.2, 0) is 5.54 Å². The lowest BCUT2D eigenvalue weighted by Gasteiger charge is -2.43. The Kier molecular flexibility index (Phi) is 2.11. The van der Waals surface area contributed by atoms with Gasteiger partial charge < -0.3 is 16.8 Å². The van der Waals surface area contributed by atoms with Crippen molar-refractivity contribution in [3.63, 3.8) is 0 Å². The molecule has 14 heavy (non-hydrogen) atoms. The van der Waals surface area contributed by atoms with Crippen LogP contribution in [0, 0.1) is 0 Å². The van der Waals surface area contributed by atoms with E-state index in [1.807, 2.05) is 12.1 Å². The molecule has 76 valence electrons. The van der Waals surface area contributed by atoms with E-state index in [4.69, 9.17) is 11.5 Å². The lowest BCUT2D eigenvalue weighted by molar-refractivity contribution is 0.201. The summed E-state index contributed by atoms with van der Waals surface area (Å²) in [6, 6.07) is 5.95. The first-order chi connectivity index (χ1) is 6.68. The molecular formula is C11H17N3. The lowest BCUT2D eigenvalue weighted by atomic mass is 9.78. The fourth-order valence-electron chi connectivity index (χ4n) is 2.05. The van der Waals surface area contributed by atoms with E-state index in [1.165, 1.54) is 12.0 Å². The number of nitrogen functional groups attached to an aromatic ring is 2. The Morgan fingerprint density at radius 2 is 2.07 bits per heavy atom.